The summed E-state index contributed by atoms with van der Waals surface area (Å²) in [4.78, 5) is 6.57. The van der Waals surface area contributed by atoms with E-state index >= 15 is 0 Å². The van der Waals surface area contributed by atoms with E-state index in [0.717, 1.165) is 61.4 Å². The van der Waals surface area contributed by atoms with E-state index < -0.39 is 0 Å². The molecule has 0 saturated carbocycles. The van der Waals surface area contributed by atoms with Gasteiger partial charge in [0.05, 0.1) is 25.4 Å². The summed E-state index contributed by atoms with van der Waals surface area (Å²) in [5.74, 6) is 0.677. The van der Waals surface area contributed by atoms with E-state index in [1.165, 1.54) is 0 Å². The van der Waals surface area contributed by atoms with Crippen molar-refractivity contribution in [2.45, 2.75) is 38.4 Å². The quantitative estimate of drug-likeness (QED) is 0.738. The number of nitrogens with zero attached hydrogens (tertiary/aromatic N) is 4. The summed E-state index contributed by atoms with van der Waals surface area (Å²) in [6, 6.07) is 5.92. The Morgan fingerprint density at radius 1 is 1.36 bits per heavy atom. The zero-order valence-electron chi connectivity index (χ0n) is 14.6. The Morgan fingerprint density at radius 2 is 2.28 bits per heavy atom. The summed E-state index contributed by atoms with van der Waals surface area (Å²) < 4.78 is 11.9. The Kier molecular flexibility index (Phi) is 4.96. The molecule has 0 N–H and O–H groups in total. The number of hydrogen-bond acceptors (Lipinski definition) is 7. The topological polar surface area (TPSA) is 60.4 Å². The van der Waals surface area contributed by atoms with Gasteiger partial charge in [-0.15, -0.1) is 10.2 Å². The van der Waals surface area contributed by atoms with Crippen LogP contribution in [0.2, 0.25) is 0 Å². The summed E-state index contributed by atoms with van der Waals surface area (Å²) in [6.45, 7) is 6.11. The number of rotatable bonds is 6. The summed E-state index contributed by atoms with van der Waals surface area (Å²) >= 11 is 1.66. The van der Waals surface area contributed by atoms with Gasteiger partial charge in [0.2, 0.25) is 5.13 Å². The molecule has 1 atom stereocenters. The highest BCUT2D eigenvalue weighted by atomic mass is 32.1. The normalized spacial score (nSPS) is 22.1. The Morgan fingerprint density at radius 3 is 3.04 bits per heavy atom. The molecule has 2 aromatic rings. The molecule has 1 spiro atoms. The average molecular weight is 360 g/mol. The summed E-state index contributed by atoms with van der Waals surface area (Å²) in [6.07, 6.45) is 5.15. The summed E-state index contributed by atoms with van der Waals surface area (Å²) in [5, 5.41) is 10.4. The van der Waals surface area contributed by atoms with Gasteiger partial charge in [0.15, 0.2) is 0 Å². The van der Waals surface area contributed by atoms with Crippen LogP contribution >= 0.6 is 11.3 Å². The molecule has 25 heavy (non-hydrogen) atoms. The predicted molar refractivity (Wildman–Crippen MR) is 96.8 cm³/mol. The van der Waals surface area contributed by atoms with Gasteiger partial charge in [0.25, 0.3) is 0 Å². The average Bonchev–Trinajstić information content (AvgIpc) is 3.04. The van der Waals surface area contributed by atoms with Crippen LogP contribution in [0.4, 0.5) is 5.13 Å². The minimum Gasteiger partial charge on any atom is -0.375 e. The lowest BCUT2D eigenvalue weighted by Gasteiger charge is -2.53. The maximum Gasteiger partial charge on any atom is 0.208 e. The molecule has 0 aromatic carbocycles. The molecule has 4 heterocycles. The number of anilines is 1. The third-order valence-corrected chi connectivity index (χ3v) is 5.88. The van der Waals surface area contributed by atoms with Crippen molar-refractivity contribution in [3.05, 3.63) is 35.1 Å². The molecule has 4 rings (SSSR count). The monoisotopic (exact) mass is 360 g/mol. The zero-order valence-corrected chi connectivity index (χ0v) is 15.4. The molecule has 0 bridgehead atoms. The molecule has 134 valence electrons. The van der Waals surface area contributed by atoms with Crippen LogP contribution in [0.3, 0.4) is 0 Å². The molecule has 0 unspecified atom stereocenters. The number of aromatic nitrogens is 3. The number of aryl methyl sites for hydroxylation is 1. The van der Waals surface area contributed by atoms with Crippen LogP contribution in [0.15, 0.2) is 24.4 Å². The van der Waals surface area contributed by atoms with E-state index in [9.17, 15) is 0 Å². The Hall–Kier alpha value is -1.57. The van der Waals surface area contributed by atoms with Gasteiger partial charge in [0, 0.05) is 19.4 Å². The SMILES string of the molecule is Cc1nnc(N2CC3(C[C@@H](CCOCc4ccccn4)CCO3)C2)s1. The van der Waals surface area contributed by atoms with Gasteiger partial charge in [-0.3, -0.25) is 4.98 Å². The molecule has 2 fully saturated rings. The van der Waals surface area contributed by atoms with Crippen molar-refractivity contribution in [3.63, 3.8) is 0 Å². The van der Waals surface area contributed by atoms with Crippen molar-refractivity contribution in [2.24, 2.45) is 5.92 Å². The van der Waals surface area contributed by atoms with Crippen molar-refractivity contribution >= 4 is 16.5 Å². The van der Waals surface area contributed by atoms with Crippen LogP contribution in [0.5, 0.6) is 0 Å². The molecular formula is C18H24N4O2S. The second-order valence-corrected chi connectivity index (χ2v) is 8.17. The van der Waals surface area contributed by atoms with E-state index in [2.05, 4.69) is 20.1 Å². The maximum atomic E-state index is 6.13. The van der Waals surface area contributed by atoms with E-state index in [1.54, 1.807) is 11.3 Å². The Balaban J connectivity index is 1.21. The highest BCUT2D eigenvalue weighted by Gasteiger charge is 2.48. The first-order valence-electron chi connectivity index (χ1n) is 8.89. The molecule has 6 nitrogen and oxygen atoms in total. The van der Waals surface area contributed by atoms with Gasteiger partial charge in [0.1, 0.15) is 10.6 Å². The first-order valence-corrected chi connectivity index (χ1v) is 9.71. The second kappa shape index (κ2) is 7.35. The number of hydrogen-bond donors (Lipinski definition) is 0. The van der Waals surface area contributed by atoms with Crippen LogP contribution in [0.1, 0.15) is 30.0 Å². The summed E-state index contributed by atoms with van der Waals surface area (Å²) in [5.41, 5.74) is 1.01. The third kappa shape index (κ3) is 3.99. The van der Waals surface area contributed by atoms with Crippen molar-refractivity contribution < 1.29 is 9.47 Å². The molecule has 2 saturated heterocycles. The van der Waals surface area contributed by atoms with Crippen LogP contribution in [0, 0.1) is 12.8 Å². The molecule has 2 aliphatic rings. The first-order chi connectivity index (χ1) is 12.2. The van der Waals surface area contributed by atoms with Gasteiger partial charge in [-0.25, -0.2) is 0 Å². The highest BCUT2D eigenvalue weighted by Crippen LogP contribution is 2.40. The lowest BCUT2D eigenvalue weighted by Crippen LogP contribution is -2.65. The van der Waals surface area contributed by atoms with Crippen LogP contribution < -0.4 is 4.90 Å². The van der Waals surface area contributed by atoms with Gasteiger partial charge in [-0.05, 0) is 44.2 Å². The standard InChI is InChI=1S/C18H24N4O2S/c1-14-20-21-17(25-14)22-12-18(13-22)10-15(6-9-24-18)5-8-23-11-16-4-2-3-7-19-16/h2-4,7,15H,5-6,8-13H2,1H3/t15-/m0/s1. The largest absolute Gasteiger partial charge is 0.375 e. The number of ether oxygens (including phenoxy) is 2. The van der Waals surface area contributed by atoms with Crippen LogP contribution in [-0.2, 0) is 16.1 Å². The molecule has 2 aromatic heterocycles. The van der Waals surface area contributed by atoms with Crippen molar-refractivity contribution in [2.75, 3.05) is 31.2 Å². The van der Waals surface area contributed by atoms with E-state index in [-0.39, 0.29) is 5.60 Å². The van der Waals surface area contributed by atoms with E-state index in [1.807, 2.05) is 31.3 Å². The minimum absolute atomic E-state index is 0.0173. The first kappa shape index (κ1) is 16.9. The molecular weight excluding hydrogens is 336 g/mol. The van der Waals surface area contributed by atoms with E-state index in [0.29, 0.717) is 12.5 Å². The van der Waals surface area contributed by atoms with Crippen molar-refractivity contribution in [3.8, 4) is 0 Å². The molecule has 2 aliphatic heterocycles. The van der Waals surface area contributed by atoms with E-state index in [4.69, 9.17) is 9.47 Å². The smallest absolute Gasteiger partial charge is 0.208 e. The predicted octanol–water partition coefficient (Wildman–Crippen LogP) is 2.83. The highest BCUT2D eigenvalue weighted by molar-refractivity contribution is 7.15. The Bertz CT molecular complexity index is 687. The van der Waals surface area contributed by atoms with Gasteiger partial charge in [-0.1, -0.05) is 17.4 Å². The summed E-state index contributed by atoms with van der Waals surface area (Å²) in [7, 11) is 0. The lowest BCUT2D eigenvalue weighted by atomic mass is 9.79. The van der Waals surface area contributed by atoms with Crippen molar-refractivity contribution in [1.82, 2.24) is 15.2 Å². The Labute approximate surface area is 152 Å². The van der Waals surface area contributed by atoms with Crippen LogP contribution in [-0.4, -0.2) is 47.1 Å². The molecule has 0 amide bonds. The molecule has 0 radical (unpaired) electrons. The maximum absolute atomic E-state index is 6.13. The fourth-order valence-corrected chi connectivity index (χ4v) is 4.39. The zero-order chi connectivity index (χ0) is 17.1. The lowest BCUT2D eigenvalue weighted by molar-refractivity contribution is -0.116. The fraction of sp³-hybridized carbons (Fsp3) is 0.611. The van der Waals surface area contributed by atoms with Gasteiger partial charge >= 0.3 is 0 Å². The molecule has 7 heteroatoms. The minimum atomic E-state index is 0.0173. The fourth-order valence-electron chi connectivity index (χ4n) is 3.70. The number of pyridine rings is 1. The molecule has 0 aliphatic carbocycles. The third-order valence-electron chi connectivity index (χ3n) is 4.99. The van der Waals surface area contributed by atoms with Gasteiger partial charge in [-0.2, -0.15) is 0 Å². The van der Waals surface area contributed by atoms with Gasteiger partial charge < -0.3 is 14.4 Å². The van der Waals surface area contributed by atoms with Crippen LogP contribution in [0.25, 0.3) is 0 Å². The van der Waals surface area contributed by atoms with Crippen molar-refractivity contribution in [1.29, 1.82) is 0 Å². The second-order valence-electron chi connectivity index (χ2n) is 7.01.